The average Bonchev–Trinajstić information content (AvgIpc) is 2.48. The van der Waals surface area contributed by atoms with Crippen molar-refractivity contribution in [2.75, 3.05) is 5.32 Å². The van der Waals surface area contributed by atoms with Crippen LogP contribution in [0.4, 0.5) is 5.69 Å². The number of fused-ring (bicyclic) bond motifs is 1. The number of carbonyl (C=O) groups is 1. The minimum atomic E-state index is -0.274. The van der Waals surface area contributed by atoms with Gasteiger partial charge in [0.1, 0.15) is 5.15 Å². The number of hydrogen-bond acceptors (Lipinski definition) is 2. The van der Waals surface area contributed by atoms with E-state index in [0.29, 0.717) is 21.8 Å². The molecule has 1 aromatic heterocycles. The van der Waals surface area contributed by atoms with Gasteiger partial charge in [0, 0.05) is 5.39 Å². The smallest absolute Gasteiger partial charge is 0.256 e. The lowest BCUT2D eigenvalue weighted by atomic mass is 10.1. The van der Waals surface area contributed by atoms with Gasteiger partial charge in [-0.1, -0.05) is 53.5 Å². The maximum absolute atomic E-state index is 12.5. The number of pyridine rings is 1. The van der Waals surface area contributed by atoms with Crippen LogP contribution in [0.2, 0.25) is 10.2 Å². The molecule has 21 heavy (non-hydrogen) atoms. The van der Waals surface area contributed by atoms with Crippen LogP contribution in [-0.4, -0.2) is 10.9 Å². The average molecular weight is 317 g/mol. The molecule has 0 saturated carbocycles. The van der Waals surface area contributed by atoms with Crippen LogP contribution in [0.1, 0.15) is 10.4 Å². The molecule has 104 valence electrons. The molecule has 1 heterocycles. The number of aromatic nitrogens is 1. The van der Waals surface area contributed by atoms with Gasteiger partial charge < -0.3 is 5.32 Å². The number of rotatable bonds is 2. The molecule has 3 nitrogen and oxygen atoms in total. The van der Waals surface area contributed by atoms with Gasteiger partial charge in [-0.25, -0.2) is 4.98 Å². The van der Waals surface area contributed by atoms with Gasteiger partial charge in [0.25, 0.3) is 5.91 Å². The zero-order chi connectivity index (χ0) is 14.8. The van der Waals surface area contributed by atoms with Gasteiger partial charge in [0.15, 0.2) is 0 Å². The summed E-state index contributed by atoms with van der Waals surface area (Å²) in [6, 6.07) is 16.0. The van der Waals surface area contributed by atoms with Crippen LogP contribution in [0.5, 0.6) is 0 Å². The van der Waals surface area contributed by atoms with Gasteiger partial charge in [-0.05, 0) is 24.3 Å². The fraction of sp³-hybridized carbons (Fsp3) is 0. The second-order valence-corrected chi connectivity index (χ2v) is 5.24. The Morgan fingerprint density at radius 3 is 2.52 bits per heavy atom. The molecule has 0 unspecified atom stereocenters. The summed E-state index contributed by atoms with van der Waals surface area (Å²) in [5.74, 6) is -0.274. The molecule has 3 rings (SSSR count). The molecule has 0 radical (unpaired) electrons. The first kappa shape index (κ1) is 13.9. The Balaban J connectivity index is 2.04. The van der Waals surface area contributed by atoms with E-state index in [1.54, 1.807) is 30.3 Å². The molecule has 0 bridgehead atoms. The number of halogens is 2. The Morgan fingerprint density at radius 1 is 1.00 bits per heavy atom. The van der Waals surface area contributed by atoms with E-state index >= 15 is 0 Å². The predicted octanol–water partition coefficient (Wildman–Crippen LogP) is 4.79. The SMILES string of the molecule is O=C(Nc1ccccc1Cl)c1cc(Cl)nc2ccccc12. The molecule has 0 aliphatic heterocycles. The van der Waals surface area contributed by atoms with Gasteiger partial charge in [-0.15, -0.1) is 0 Å². The molecule has 1 N–H and O–H groups in total. The first-order chi connectivity index (χ1) is 10.1. The normalized spacial score (nSPS) is 10.6. The third kappa shape index (κ3) is 2.84. The molecule has 0 atom stereocenters. The molecule has 3 aromatic rings. The summed E-state index contributed by atoms with van der Waals surface area (Å²) in [5, 5.41) is 4.29. The second-order valence-electron chi connectivity index (χ2n) is 4.44. The maximum Gasteiger partial charge on any atom is 0.256 e. The van der Waals surface area contributed by atoms with Gasteiger partial charge in [0.2, 0.25) is 0 Å². The van der Waals surface area contributed by atoms with E-state index in [1.165, 1.54) is 0 Å². The maximum atomic E-state index is 12.5. The van der Waals surface area contributed by atoms with Crippen LogP contribution in [0.3, 0.4) is 0 Å². The van der Waals surface area contributed by atoms with Crippen LogP contribution in [-0.2, 0) is 0 Å². The van der Waals surface area contributed by atoms with E-state index in [0.717, 1.165) is 5.39 Å². The lowest BCUT2D eigenvalue weighted by Gasteiger charge is -2.09. The third-order valence-electron chi connectivity index (χ3n) is 3.05. The van der Waals surface area contributed by atoms with E-state index in [4.69, 9.17) is 23.2 Å². The lowest BCUT2D eigenvalue weighted by molar-refractivity contribution is 0.102. The lowest BCUT2D eigenvalue weighted by Crippen LogP contribution is -2.13. The summed E-state index contributed by atoms with van der Waals surface area (Å²) >= 11 is 12.0. The molecule has 5 heteroatoms. The Hall–Kier alpha value is -2.10. The fourth-order valence-electron chi connectivity index (χ4n) is 2.08. The Bertz CT molecular complexity index is 833. The van der Waals surface area contributed by atoms with Crippen LogP contribution < -0.4 is 5.32 Å². The van der Waals surface area contributed by atoms with Crippen molar-refractivity contribution in [2.45, 2.75) is 0 Å². The van der Waals surface area contributed by atoms with E-state index in [2.05, 4.69) is 10.3 Å². The molecule has 0 aliphatic carbocycles. The molecule has 1 amide bonds. The highest BCUT2D eigenvalue weighted by Gasteiger charge is 2.13. The number of nitrogens with zero attached hydrogens (tertiary/aromatic N) is 1. The Labute approximate surface area is 131 Å². The molecule has 0 saturated heterocycles. The van der Waals surface area contributed by atoms with Gasteiger partial charge in [-0.3, -0.25) is 4.79 Å². The largest absolute Gasteiger partial charge is 0.321 e. The summed E-state index contributed by atoms with van der Waals surface area (Å²) in [6.45, 7) is 0. The number of amides is 1. The predicted molar refractivity (Wildman–Crippen MR) is 86.2 cm³/mol. The number of nitrogens with one attached hydrogen (secondary N) is 1. The summed E-state index contributed by atoms with van der Waals surface area (Å²) in [4.78, 5) is 16.7. The summed E-state index contributed by atoms with van der Waals surface area (Å²) < 4.78 is 0. The van der Waals surface area contributed by atoms with Crippen molar-refractivity contribution in [3.8, 4) is 0 Å². The number of benzene rings is 2. The van der Waals surface area contributed by atoms with Crippen molar-refractivity contribution in [2.24, 2.45) is 0 Å². The summed E-state index contributed by atoms with van der Waals surface area (Å²) in [7, 11) is 0. The highest BCUT2D eigenvalue weighted by atomic mass is 35.5. The van der Waals surface area contributed by atoms with Crippen molar-refractivity contribution in [1.29, 1.82) is 0 Å². The summed E-state index contributed by atoms with van der Waals surface area (Å²) in [6.07, 6.45) is 0. The number of para-hydroxylation sites is 2. The van der Waals surface area contributed by atoms with Crippen molar-refractivity contribution < 1.29 is 4.79 Å². The highest BCUT2D eigenvalue weighted by Crippen LogP contribution is 2.24. The molecule has 0 fully saturated rings. The first-order valence-corrected chi connectivity index (χ1v) is 7.02. The highest BCUT2D eigenvalue weighted by molar-refractivity contribution is 6.34. The van der Waals surface area contributed by atoms with Gasteiger partial charge >= 0.3 is 0 Å². The second kappa shape index (κ2) is 5.72. The van der Waals surface area contributed by atoms with Crippen LogP contribution in [0.15, 0.2) is 54.6 Å². The van der Waals surface area contributed by atoms with Gasteiger partial charge in [-0.2, -0.15) is 0 Å². The van der Waals surface area contributed by atoms with E-state index in [9.17, 15) is 4.79 Å². The molecule has 0 spiro atoms. The first-order valence-electron chi connectivity index (χ1n) is 6.26. The van der Waals surface area contributed by atoms with E-state index < -0.39 is 0 Å². The molecule has 0 aliphatic rings. The van der Waals surface area contributed by atoms with Gasteiger partial charge in [0.05, 0.1) is 21.8 Å². The number of hydrogen-bond donors (Lipinski definition) is 1. The zero-order valence-electron chi connectivity index (χ0n) is 10.8. The van der Waals surface area contributed by atoms with Crippen molar-refractivity contribution in [3.63, 3.8) is 0 Å². The monoisotopic (exact) mass is 316 g/mol. The third-order valence-corrected chi connectivity index (χ3v) is 3.57. The van der Waals surface area contributed by atoms with E-state index in [-0.39, 0.29) is 11.1 Å². The molecular weight excluding hydrogens is 307 g/mol. The van der Waals surface area contributed by atoms with Crippen molar-refractivity contribution in [3.05, 3.63) is 70.3 Å². The van der Waals surface area contributed by atoms with E-state index in [1.807, 2.05) is 24.3 Å². The standard InChI is InChI=1S/C16H10Cl2N2O/c17-12-6-2-4-8-14(12)20-16(21)11-9-15(18)19-13-7-3-1-5-10(11)13/h1-9H,(H,20,21). The topological polar surface area (TPSA) is 42.0 Å². The molecule has 2 aromatic carbocycles. The minimum absolute atomic E-state index is 0.274. The fourth-order valence-corrected chi connectivity index (χ4v) is 2.47. The quantitative estimate of drug-likeness (QED) is 0.690. The molecular formula is C16H10Cl2N2O. The zero-order valence-corrected chi connectivity index (χ0v) is 12.3. The minimum Gasteiger partial charge on any atom is -0.321 e. The Morgan fingerprint density at radius 2 is 1.71 bits per heavy atom. The van der Waals surface area contributed by atoms with Crippen LogP contribution >= 0.6 is 23.2 Å². The van der Waals surface area contributed by atoms with Crippen molar-refractivity contribution >= 4 is 45.7 Å². The number of anilines is 1. The van der Waals surface area contributed by atoms with Crippen LogP contribution in [0.25, 0.3) is 10.9 Å². The van der Waals surface area contributed by atoms with Crippen LogP contribution in [0, 0.1) is 0 Å². The van der Waals surface area contributed by atoms with Crippen molar-refractivity contribution in [1.82, 2.24) is 4.98 Å². The number of carbonyl (C=O) groups excluding carboxylic acids is 1. The Kier molecular flexibility index (Phi) is 3.78. The summed E-state index contributed by atoms with van der Waals surface area (Å²) in [5.41, 5.74) is 1.70.